The lowest BCUT2D eigenvalue weighted by Gasteiger charge is -2.33. The Kier molecular flexibility index (Phi) is 7.09. The number of esters is 1. The van der Waals surface area contributed by atoms with E-state index in [1.165, 1.54) is 7.11 Å². The minimum atomic E-state index is -0.620. The molecule has 1 aliphatic heterocycles. The average molecular weight is 446 g/mol. The highest BCUT2D eigenvalue weighted by Gasteiger charge is 2.34. The summed E-state index contributed by atoms with van der Waals surface area (Å²) in [5.74, 6) is 2.19. The fourth-order valence-corrected chi connectivity index (χ4v) is 4.07. The molecule has 30 heavy (non-hydrogen) atoms. The van der Waals surface area contributed by atoms with Crippen LogP contribution in [0.1, 0.15) is 29.2 Å². The van der Waals surface area contributed by atoms with Crippen LogP contribution in [-0.4, -0.2) is 25.0 Å². The van der Waals surface area contributed by atoms with Gasteiger partial charge in [0.15, 0.2) is 0 Å². The van der Waals surface area contributed by atoms with Gasteiger partial charge < -0.3 is 21.1 Å². The maximum Gasteiger partial charge on any atom is 0.328 e. The summed E-state index contributed by atoms with van der Waals surface area (Å²) < 4.78 is 4.86. The van der Waals surface area contributed by atoms with Gasteiger partial charge in [-0.3, -0.25) is 4.79 Å². The summed E-state index contributed by atoms with van der Waals surface area (Å²) in [6.45, 7) is 0. The first kappa shape index (κ1) is 21.8. The van der Waals surface area contributed by atoms with Gasteiger partial charge in [-0.05, 0) is 23.3 Å². The van der Waals surface area contributed by atoms with E-state index in [2.05, 4.69) is 22.6 Å². The van der Waals surface area contributed by atoms with Crippen LogP contribution < -0.4 is 16.4 Å². The predicted octanol–water partition coefficient (Wildman–Crippen LogP) is 3.21. The van der Waals surface area contributed by atoms with Crippen molar-refractivity contribution in [1.82, 2.24) is 5.32 Å². The number of anilines is 1. The molecule has 2 aromatic rings. The molecular formula is C22H21Cl2N3O3. The zero-order chi connectivity index (χ0) is 21.7. The first-order chi connectivity index (χ1) is 14.4. The van der Waals surface area contributed by atoms with Gasteiger partial charge in [0, 0.05) is 40.2 Å². The van der Waals surface area contributed by atoms with Crippen molar-refractivity contribution >= 4 is 40.8 Å². The van der Waals surface area contributed by atoms with E-state index >= 15 is 0 Å². The van der Waals surface area contributed by atoms with Crippen LogP contribution in [0.2, 0.25) is 10.0 Å². The number of benzene rings is 2. The molecule has 0 fully saturated rings. The first-order valence-corrected chi connectivity index (χ1v) is 10.1. The van der Waals surface area contributed by atoms with Crippen molar-refractivity contribution < 1.29 is 14.3 Å². The maximum atomic E-state index is 12.7. The zero-order valence-electron chi connectivity index (χ0n) is 16.3. The van der Waals surface area contributed by atoms with Gasteiger partial charge in [0.1, 0.15) is 6.04 Å². The third-order valence-corrected chi connectivity index (χ3v) is 5.38. The highest BCUT2D eigenvalue weighted by molar-refractivity contribution is 6.35. The minimum absolute atomic E-state index is 0.183. The number of fused-ring (bicyclic) bond motifs is 1. The van der Waals surface area contributed by atoms with Gasteiger partial charge in [0.2, 0.25) is 5.91 Å². The molecule has 3 rings (SSSR count). The summed E-state index contributed by atoms with van der Waals surface area (Å²) in [5, 5.41) is 6.93. The number of nitrogens with one attached hydrogen (secondary N) is 2. The van der Waals surface area contributed by atoms with E-state index in [9.17, 15) is 9.59 Å². The molecular weight excluding hydrogens is 425 g/mol. The number of carbonyl (C=O) groups excluding carboxylic acids is 2. The summed E-state index contributed by atoms with van der Waals surface area (Å²) >= 11 is 12.5. The fourth-order valence-electron chi connectivity index (χ4n) is 3.45. The van der Waals surface area contributed by atoms with Crippen molar-refractivity contribution in [1.29, 1.82) is 0 Å². The lowest BCUT2D eigenvalue weighted by Crippen LogP contribution is -2.42. The van der Waals surface area contributed by atoms with Crippen LogP contribution in [-0.2, 0) is 27.2 Å². The Balaban J connectivity index is 1.76. The predicted molar refractivity (Wildman–Crippen MR) is 117 cm³/mol. The van der Waals surface area contributed by atoms with Crippen LogP contribution >= 0.6 is 23.2 Å². The summed E-state index contributed by atoms with van der Waals surface area (Å²) in [5.41, 5.74) is 8.37. The standard InChI is InChI=1S/C22H21Cl2N3O3/c1-30-22(29)19-12-18(21-16(24)10-15(23)11-17(21)26-19)27-20(28)9-14-6-4-13(5-7-14)3-2-8-25/h4-7,10-11,18-19,26H,3,9,12,25H2,1H3,(H,27,28)/t18-,19+/m0/s1. The van der Waals surface area contributed by atoms with E-state index in [1.54, 1.807) is 12.1 Å². The van der Waals surface area contributed by atoms with Crippen molar-refractivity contribution in [2.75, 3.05) is 12.4 Å². The van der Waals surface area contributed by atoms with Crippen molar-refractivity contribution in [3.05, 3.63) is 63.1 Å². The molecule has 2 atom stereocenters. The van der Waals surface area contributed by atoms with E-state index in [0.29, 0.717) is 34.1 Å². The maximum absolute atomic E-state index is 12.7. The molecule has 0 aliphatic carbocycles. The number of rotatable bonds is 5. The molecule has 0 aromatic heterocycles. The van der Waals surface area contributed by atoms with Crippen molar-refractivity contribution in [2.45, 2.75) is 31.3 Å². The molecule has 6 nitrogen and oxygen atoms in total. The quantitative estimate of drug-likeness (QED) is 0.373. The second-order valence-electron chi connectivity index (χ2n) is 6.92. The Morgan fingerprint density at radius 3 is 2.60 bits per heavy atom. The molecule has 8 heteroatoms. The van der Waals surface area contributed by atoms with Crippen LogP contribution in [0.5, 0.6) is 0 Å². The smallest absolute Gasteiger partial charge is 0.328 e. The fraction of sp³-hybridized carbons (Fsp3) is 0.273. The van der Waals surface area contributed by atoms with Crippen LogP contribution in [0.15, 0.2) is 36.4 Å². The van der Waals surface area contributed by atoms with Gasteiger partial charge in [-0.2, -0.15) is 0 Å². The molecule has 2 aromatic carbocycles. The molecule has 0 bridgehead atoms. The van der Waals surface area contributed by atoms with Crippen molar-refractivity contribution in [3.8, 4) is 12.0 Å². The summed E-state index contributed by atoms with van der Waals surface area (Å²) in [4.78, 5) is 24.8. The van der Waals surface area contributed by atoms with Crippen molar-refractivity contribution in [3.63, 3.8) is 0 Å². The van der Waals surface area contributed by atoms with Gasteiger partial charge in [-0.1, -0.05) is 53.4 Å². The molecule has 0 radical (unpaired) electrons. The van der Waals surface area contributed by atoms with E-state index in [0.717, 1.165) is 11.1 Å². The highest BCUT2D eigenvalue weighted by atomic mass is 35.5. The van der Waals surface area contributed by atoms with Gasteiger partial charge in [-0.15, -0.1) is 0 Å². The second-order valence-corrected chi connectivity index (χ2v) is 7.76. The van der Waals surface area contributed by atoms with E-state index in [4.69, 9.17) is 33.7 Å². The Hall–Kier alpha value is -2.88. The molecule has 0 saturated carbocycles. The second kappa shape index (κ2) is 9.75. The number of halogens is 2. The topological polar surface area (TPSA) is 93.5 Å². The molecule has 0 spiro atoms. The number of hydrogen-bond acceptors (Lipinski definition) is 5. The van der Waals surface area contributed by atoms with Crippen LogP contribution in [0, 0.1) is 12.0 Å². The van der Waals surface area contributed by atoms with Crippen LogP contribution in [0.25, 0.3) is 0 Å². The SMILES string of the molecule is COC(=O)[C@H]1C[C@H](NC(=O)Cc2ccc(CC#CN)cc2)c2c(Cl)cc(Cl)cc2N1. The molecule has 1 aliphatic rings. The summed E-state index contributed by atoms with van der Waals surface area (Å²) in [7, 11) is 1.32. The van der Waals surface area contributed by atoms with Crippen LogP contribution in [0.4, 0.5) is 5.69 Å². The summed E-state index contributed by atoms with van der Waals surface area (Å²) in [6.07, 6.45) is 1.06. The first-order valence-electron chi connectivity index (χ1n) is 9.30. The number of hydrogen-bond donors (Lipinski definition) is 3. The lowest BCUT2D eigenvalue weighted by molar-refractivity contribution is -0.142. The van der Waals surface area contributed by atoms with Gasteiger partial charge >= 0.3 is 5.97 Å². The van der Waals surface area contributed by atoms with Gasteiger partial charge in [0.05, 0.1) is 19.6 Å². The molecule has 156 valence electrons. The van der Waals surface area contributed by atoms with Gasteiger partial charge in [0.25, 0.3) is 0 Å². The number of carbonyl (C=O) groups is 2. The van der Waals surface area contributed by atoms with E-state index in [-0.39, 0.29) is 12.3 Å². The Labute approximate surface area is 185 Å². The minimum Gasteiger partial charge on any atom is -0.467 e. The van der Waals surface area contributed by atoms with E-state index < -0.39 is 18.1 Å². The molecule has 4 N–H and O–H groups in total. The molecule has 0 saturated heterocycles. The largest absolute Gasteiger partial charge is 0.467 e. The average Bonchev–Trinajstić information content (AvgIpc) is 2.71. The highest BCUT2D eigenvalue weighted by Crippen LogP contribution is 2.40. The monoisotopic (exact) mass is 445 g/mol. The van der Waals surface area contributed by atoms with Crippen LogP contribution in [0.3, 0.4) is 0 Å². The zero-order valence-corrected chi connectivity index (χ0v) is 17.8. The number of ether oxygens (including phenoxy) is 1. The third kappa shape index (κ3) is 5.18. The Morgan fingerprint density at radius 2 is 1.93 bits per heavy atom. The van der Waals surface area contributed by atoms with Crippen molar-refractivity contribution in [2.24, 2.45) is 5.73 Å². The lowest BCUT2D eigenvalue weighted by atomic mass is 9.92. The molecule has 1 amide bonds. The van der Waals surface area contributed by atoms with E-state index in [1.807, 2.05) is 24.3 Å². The van der Waals surface area contributed by atoms with Gasteiger partial charge in [-0.25, -0.2) is 4.79 Å². The molecule has 0 unspecified atom stereocenters. The Morgan fingerprint density at radius 1 is 1.23 bits per heavy atom. The third-order valence-electron chi connectivity index (χ3n) is 4.85. The number of methoxy groups -OCH3 is 1. The number of nitrogens with two attached hydrogens (primary N) is 1. The summed E-state index contributed by atoms with van der Waals surface area (Å²) in [6, 6.07) is 12.2. The molecule has 1 heterocycles. The number of amides is 1. The normalized spacial score (nSPS) is 17.0. The Bertz CT molecular complexity index is 1010.